The molecule has 4 nitrogen and oxygen atoms in total. The van der Waals surface area contributed by atoms with Crippen LogP contribution in [0.2, 0.25) is 0 Å². The largest absolute Gasteiger partial charge is 0.383 e. The maximum atomic E-state index is 10.0. The second kappa shape index (κ2) is 2.29. The number of hydrogen-bond donors (Lipinski definition) is 1. The number of rotatable bonds is 2. The van der Waals surface area contributed by atoms with Crippen molar-refractivity contribution in [3.05, 3.63) is 11.9 Å². The molecule has 66 valence electrons. The van der Waals surface area contributed by atoms with Gasteiger partial charge in [0, 0.05) is 7.05 Å². The molecule has 4 heteroatoms. The number of aliphatic hydroxyl groups is 1. The lowest BCUT2D eigenvalue weighted by atomic mass is 9.97. The van der Waals surface area contributed by atoms with Crippen molar-refractivity contribution in [1.29, 1.82) is 0 Å². The van der Waals surface area contributed by atoms with Crippen LogP contribution in [-0.4, -0.2) is 20.1 Å². The molecule has 0 bridgehead atoms. The van der Waals surface area contributed by atoms with Crippen LogP contribution in [0.4, 0.5) is 0 Å². The van der Waals surface area contributed by atoms with Gasteiger partial charge in [-0.05, 0) is 25.7 Å². The quantitative estimate of drug-likeness (QED) is 0.695. The first kappa shape index (κ1) is 7.73. The number of nitrogens with zero attached hydrogens (tertiary/aromatic N) is 3. The van der Waals surface area contributed by atoms with E-state index in [9.17, 15) is 5.11 Å². The van der Waals surface area contributed by atoms with Gasteiger partial charge in [0.15, 0.2) is 0 Å². The molecular weight excluding hydrogens is 154 g/mol. The minimum Gasteiger partial charge on any atom is -0.383 e. The highest BCUT2D eigenvalue weighted by Gasteiger charge is 2.43. The zero-order valence-electron chi connectivity index (χ0n) is 7.36. The highest BCUT2D eigenvalue weighted by atomic mass is 16.3. The van der Waals surface area contributed by atoms with Gasteiger partial charge in [-0.2, -0.15) is 15.0 Å². The molecule has 1 heterocycles. The molecule has 0 aliphatic heterocycles. The molecule has 2 rings (SSSR count). The van der Waals surface area contributed by atoms with Gasteiger partial charge in [-0.15, -0.1) is 0 Å². The van der Waals surface area contributed by atoms with Gasteiger partial charge in [0.1, 0.15) is 11.3 Å². The fourth-order valence-electron chi connectivity index (χ4n) is 1.43. The van der Waals surface area contributed by atoms with Crippen molar-refractivity contribution in [3.63, 3.8) is 0 Å². The van der Waals surface area contributed by atoms with E-state index in [1.807, 2.05) is 6.92 Å². The van der Waals surface area contributed by atoms with Crippen LogP contribution in [-0.2, 0) is 12.6 Å². The normalized spacial score (nSPS) is 22.2. The second-order valence-corrected chi connectivity index (χ2v) is 3.64. The molecule has 12 heavy (non-hydrogen) atoms. The number of aryl methyl sites for hydroxylation is 1. The smallest absolute Gasteiger partial charge is 0.114 e. The summed E-state index contributed by atoms with van der Waals surface area (Å²) >= 11 is 0. The molecule has 0 saturated heterocycles. The van der Waals surface area contributed by atoms with Crippen molar-refractivity contribution in [2.45, 2.75) is 25.4 Å². The van der Waals surface area contributed by atoms with Gasteiger partial charge >= 0.3 is 0 Å². The van der Waals surface area contributed by atoms with Crippen LogP contribution in [0.25, 0.3) is 0 Å². The molecule has 0 amide bonds. The van der Waals surface area contributed by atoms with Crippen molar-refractivity contribution in [2.24, 2.45) is 13.0 Å². The van der Waals surface area contributed by atoms with Gasteiger partial charge in [-0.3, -0.25) is 0 Å². The van der Waals surface area contributed by atoms with Crippen LogP contribution in [0.3, 0.4) is 0 Å². The Kier molecular flexibility index (Phi) is 1.48. The minimum absolute atomic E-state index is 0.384. The number of hydrogen-bond acceptors (Lipinski definition) is 3. The van der Waals surface area contributed by atoms with Gasteiger partial charge in [-0.1, -0.05) is 0 Å². The van der Waals surface area contributed by atoms with Gasteiger partial charge in [0.05, 0.1) is 6.20 Å². The van der Waals surface area contributed by atoms with Gasteiger partial charge < -0.3 is 5.11 Å². The fraction of sp³-hybridized carbons (Fsp3) is 0.750. The van der Waals surface area contributed by atoms with Crippen LogP contribution in [0, 0.1) is 5.92 Å². The molecule has 1 N–H and O–H groups in total. The predicted molar refractivity (Wildman–Crippen MR) is 43.3 cm³/mol. The van der Waals surface area contributed by atoms with Crippen LogP contribution in [0.1, 0.15) is 25.5 Å². The van der Waals surface area contributed by atoms with E-state index in [2.05, 4.69) is 10.2 Å². The van der Waals surface area contributed by atoms with Crippen molar-refractivity contribution in [1.82, 2.24) is 15.0 Å². The highest BCUT2D eigenvalue weighted by Crippen LogP contribution is 2.44. The summed E-state index contributed by atoms with van der Waals surface area (Å²) in [7, 11) is 1.76. The Morgan fingerprint density at radius 3 is 2.75 bits per heavy atom. The summed E-state index contributed by atoms with van der Waals surface area (Å²) in [5, 5.41) is 18.1. The van der Waals surface area contributed by atoms with Crippen LogP contribution >= 0.6 is 0 Å². The maximum absolute atomic E-state index is 10.0. The molecule has 1 aliphatic rings. The van der Waals surface area contributed by atoms with E-state index in [4.69, 9.17) is 0 Å². The van der Waals surface area contributed by atoms with E-state index in [1.165, 1.54) is 4.80 Å². The molecule has 1 unspecified atom stereocenters. The molecular formula is C8H13N3O. The molecule has 1 aliphatic carbocycles. The summed E-state index contributed by atoms with van der Waals surface area (Å²) in [6.07, 6.45) is 3.84. The third-order valence-electron chi connectivity index (χ3n) is 2.49. The Balaban J connectivity index is 2.27. The van der Waals surface area contributed by atoms with Gasteiger partial charge in [0.25, 0.3) is 0 Å². The van der Waals surface area contributed by atoms with Crippen LogP contribution < -0.4 is 0 Å². The molecule has 1 fully saturated rings. The van der Waals surface area contributed by atoms with Crippen molar-refractivity contribution in [3.8, 4) is 0 Å². The van der Waals surface area contributed by atoms with Crippen LogP contribution in [0.15, 0.2) is 6.20 Å². The second-order valence-electron chi connectivity index (χ2n) is 3.64. The monoisotopic (exact) mass is 167 g/mol. The average molecular weight is 167 g/mol. The summed E-state index contributed by atoms with van der Waals surface area (Å²) in [6.45, 7) is 1.81. The fourth-order valence-corrected chi connectivity index (χ4v) is 1.43. The van der Waals surface area contributed by atoms with Crippen molar-refractivity contribution >= 4 is 0 Å². The summed E-state index contributed by atoms with van der Waals surface area (Å²) < 4.78 is 0. The third kappa shape index (κ3) is 1.12. The Morgan fingerprint density at radius 2 is 2.33 bits per heavy atom. The molecule has 1 aromatic rings. The first-order valence-corrected chi connectivity index (χ1v) is 4.20. The standard InChI is InChI=1S/C8H13N3O/c1-8(12,6-3-4-6)7-5-9-11(2)10-7/h5-6,12H,3-4H2,1-2H3. The SMILES string of the molecule is Cn1ncc(C(C)(O)C2CC2)n1. The summed E-state index contributed by atoms with van der Waals surface area (Å²) in [5.41, 5.74) is -0.0821. The molecule has 0 spiro atoms. The topological polar surface area (TPSA) is 50.9 Å². The summed E-state index contributed by atoms with van der Waals surface area (Å²) in [6, 6.07) is 0. The van der Waals surface area contributed by atoms with E-state index in [1.54, 1.807) is 13.2 Å². The van der Waals surface area contributed by atoms with E-state index in [-0.39, 0.29) is 0 Å². The van der Waals surface area contributed by atoms with E-state index in [0.717, 1.165) is 12.8 Å². The average Bonchev–Trinajstić information content (AvgIpc) is 2.75. The van der Waals surface area contributed by atoms with Gasteiger partial charge in [-0.25, -0.2) is 0 Å². The summed E-state index contributed by atoms with van der Waals surface area (Å²) in [5.74, 6) is 0.384. The molecule has 0 aromatic carbocycles. The predicted octanol–water partition coefficient (Wildman–Crippen LogP) is 0.433. The first-order chi connectivity index (χ1) is 5.60. The highest BCUT2D eigenvalue weighted by molar-refractivity contribution is 5.10. The Bertz CT molecular complexity index is 288. The molecule has 1 saturated carbocycles. The summed E-state index contributed by atoms with van der Waals surface area (Å²) in [4.78, 5) is 1.48. The third-order valence-corrected chi connectivity index (χ3v) is 2.49. The molecule has 1 aromatic heterocycles. The zero-order valence-corrected chi connectivity index (χ0v) is 7.36. The maximum Gasteiger partial charge on any atom is 0.114 e. The Labute approximate surface area is 71.2 Å². The Morgan fingerprint density at radius 1 is 1.67 bits per heavy atom. The van der Waals surface area contributed by atoms with E-state index < -0.39 is 5.60 Å². The Hall–Kier alpha value is -0.900. The van der Waals surface area contributed by atoms with Crippen molar-refractivity contribution in [2.75, 3.05) is 0 Å². The zero-order chi connectivity index (χ0) is 8.77. The lowest BCUT2D eigenvalue weighted by molar-refractivity contribution is 0.0281. The van der Waals surface area contributed by atoms with E-state index >= 15 is 0 Å². The molecule has 1 atom stereocenters. The molecule has 0 radical (unpaired) electrons. The lowest BCUT2D eigenvalue weighted by Crippen LogP contribution is -2.24. The van der Waals surface area contributed by atoms with Crippen LogP contribution in [0.5, 0.6) is 0 Å². The minimum atomic E-state index is -0.770. The van der Waals surface area contributed by atoms with Crippen molar-refractivity contribution < 1.29 is 5.11 Å². The number of aromatic nitrogens is 3. The van der Waals surface area contributed by atoms with E-state index in [0.29, 0.717) is 11.6 Å². The lowest BCUT2D eigenvalue weighted by Gasteiger charge is -2.19. The first-order valence-electron chi connectivity index (χ1n) is 4.20. The van der Waals surface area contributed by atoms with Gasteiger partial charge in [0.2, 0.25) is 0 Å².